The molecule has 146 valence electrons. The number of nitrogens with one attached hydrogen (secondary N) is 1. The van der Waals surface area contributed by atoms with Crippen molar-refractivity contribution < 1.29 is 22.1 Å². The summed E-state index contributed by atoms with van der Waals surface area (Å²) in [5, 5.41) is 6.71. The molecule has 0 unspecified atom stereocenters. The molecule has 10 heteroatoms. The monoisotopic (exact) mass is 423 g/mol. The van der Waals surface area contributed by atoms with Crippen molar-refractivity contribution in [2.45, 2.75) is 23.5 Å². The smallest absolute Gasteiger partial charge is 0.227 e. The number of sulfone groups is 1. The Labute approximate surface area is 165 Å². The number of hydrogen-bond donors (Lipinski definition) is 1. The third-order valence-electron chi connectivity index (χ3n) is 3.72. The highest BCUT2D eigenvalue weighted by Crippen LogP contribution is 2.21. The molecular formula is C18H15ClFN3O4S. The number of nitrogens with zero attached hydrogens (tertiary/aromatic N) is 2. The maximum absolute atomic E-state index is 12.9. The number of aryl methyl sites for hydroxylation is 1. The zero-order valence-corrected chi connectivity index (χ0v) is 16.0. The summed E-state index contributed by atoms with van der Waals surface area (Å²) in [5.74, 6) is -1.22. The van der Waals surface area contributed by atoms with E-state index in [4.69, 9.17) is 16.1 Å². The number of para-hydroxylation sites is 1. The van der Waals surface area contributed by atoms with Crippen LogP contribution in [0.3, 0.4) is 0 Å². The first kappa shape index (κ1) is 20.0. The molecule has 0 aliphatic carbocycles. The van der Waals surface area contributed by atoms with Gasteiger partial charge in [-0.3, -0.25) is 4.79 Å². The Morgan fingerprint density at radius 1 is 1.14 bits per heavy atom. The van der Waals surface area contributed by atoms with E-state index in [-0.39, 0.29) is 35.4 Å². The van der Waals surface area contributed by atoms with Crippen LogP contribution in [0.1, 0.15) is 18.1 Å². The highest BCUT2D eigenvalue weighted by Gasteiger charge is 2.20. The fraction of sp³-hybridized carbons (Fsp3) is 0.167. The Balaban J connectivity index is 1.57. The van der Waals surface area contributed by atoms with E-state index in [0.29, 0.717) is 10.7 Å². The second-order valence-electron chi connectivity index (χ2n) is 5.85. The summed E-state index contributed by atoms with van der Waals surface area (Å²) >= 11 is 5.98. The molecule has 1 amide bonds. The van der Waals surface area contributed by atoms with Crippen LogP contribution in [0, 0.1) is 5.82 Å². The van der Waals surface area contributed by atoms with Gasteiger partial charge in [0.05, 0.1) is 15.6 Å². The van der Waals surface area contributed by atoms with Gasteiger partial charge >= 0.3 is 0 Å². The highest BCUT2D eigenvalue weighted by molar-refractivity contribution is 7.90. The topological polar surface area (TPSA) is 102 Å². The van der Waals surface area contributed by atoms with Crippen molar-refractivity contribution in [2.75, 3.05) is 5.32 Å². The molecule has 0 radical (unpaired) electrons. The predicted octanol–water partition coefficient (Wildman–Crippen LogP) is 3.41. The number of carbonyl (C=O) groups excluding carboxylic acids is 1. The molecule has 3 aromatic rings. The van der Waals surface area contributed by atoms with Crippen LogP contribution in [-0.4, -0.2) is 24.5 Å². The lowest BCUT2D eigenvalue weighted by Gasteiger charge is -2.05. The van der Waals surface area contributed by atoms with Gasteiger partial charge in [0.15, 0.2) is 15.7 Å². The van der Waals surface area contributed by atoms with E-state index in [2.05, 4.69) is 15.5 Å². The zero-order chi connectivity index (χ0) is 20.1. The normalized spacial score (nSPS) is 11.4. The van der Waals surface area contributed by atoms with Crippen molar-refractivity contribution in [3.63, 3.8) is 0 Å². The Morgan fingerprint density at radius 2 is 1.86 bits per heavy atom. The molecule has 7 nitrogen and oxygen atoms in total. The molecule has 0 aliphatic heterocycles. The Morgan fingerprint density at radius 3 is 2.57 bits per heavy atom. The number of carbonyl (C=O) groups is 1. The molecule has 1 heterocycles. The summed E-state index contributed by atoms with van der Waals surface area (Å²) in [6.07, 6.45) is 0.192. The summed E-state index contributed by atoms with van der Waals surface area (Å²) < 4.78 is 42.5. The molecule has 1 aromatic heterocycles. The van der Waals surface area contributed by atoms with Gasteiger partial charge < -0.3 is 9.84 Å². The van der Waals surface area contributed by atoms with Gasteiger partial charge in [-0.05, 0) is 36.4 Å². The minimum atomic E-state index is -3.74. The molecule has 0 saturated carbocycles. The van der Waals surface area contributed by atoms with Crippen molar-refractivity contribution in [3.8, 4) is 0 Å². The van der Waals surface area contributed by atoms with Crippen LogP contribution in [0.2, 0.25) is 5.02 Å². The van der Waals surface area contributed by atoms with Gasteiger partial charge in [0.25, 0.3) is 0 Å². The van der Waals surface area contributed by atoms with Crippen molar-refractivity contribution >= 4 is 33.0 Å². The Hall–Kier alpha value is -2.78. The van der Waals surface area contributed by atoms with E-state index >= 15 is 0 Å². The van der Waals surface area contributed by atoms with Crippen molar-refractivity contribution in [1.29, 1.82) is 0 Å². The number of halogens is 2. The third kappa shape index (κ3) is 5.14. The van der Waals surface area contributed by atoms with Crippen LogP contribution in [0.4, 0.5) is 10.1 Å². The fourth-order valence-electron chi connectivity index (χ4n) is 2.34. The lowest BCUT2D eigenvalue weighted by Crippen LogP contribution is -2.12. The quantitative estimate of drug-likeness (QED) is 0.584. The molecule has 0 bridgehead atoms. The number of anilines is 1. The minimum absolute atomic E-state index is 0.0363. The largest absolute Gasteiger partial charge is 0.339 e. The number of amides is 1. The van der Waals surface area contributed by atoms with Gasteiger partial charge in [-0.2, -0.15) is 4.98 Å². The van der Waals surface area contributed by atoms with Crippen molar-refractivity contribution in [3.05, 3.63) is 71.1 Å². The zero-order valence-electron chi connectivity index (χ0n) is 14.4. The highest BCUT2D eigenvalue weighted by atomic mass is 35.5. The first-order valence-electron chi connectivity index (χ1n) is 8.18. The summed E-state index contributed by atoms with van der Waals surface area (Å²) in [6, 6.07) is 11.3. The van der Waals surface area contributed by atoms with Crippen LogP contribution in [0.15, 0.2) is 57.9 Å². The van der Waals surface area contributed by atoms with E-state index in [9.17, 15) is 17.6 Å². The average Bonchev–Trinajstić information content (AvgIpc) is 3.09. The number of aromatic nitrogens is 2. The molecule has 0 atom stereocenters. The summed E-state index contributed by atoms with van der Waals surface area (Å²) in [6.45, 7) is 0. The molecule has 0 fully saturated rings. The van der Waals surface area contributed by atoms with Crippen molar-refractivity contribution in [2.24, 2.45) is 0 Å². The molecule has 2 aromatic carbocycles. The van der Waals surface area contributed by atoms with Crippen LogP contribution in [-0.2, 0) is 26.8 Å². The van der Waals surface area contributed by atoms with E-state index in [1.807, 2.05) is 0 Å². The molecule has 1 N–H and O–H groups in total. The molecule has 28 heavy (non-hydrogen) atoms. The number of rotatable bonds is 7. The lowest BCUT2D eigenvalue weighted by molar-refractivity contribution is -0.116. The minimum Gasteiger partial charge on any atom is -0.339 e. The predicted molar refractivity (Wildman–Crippen MR) is 100.0 cm³/mol. The van der Waals surface area contributed by atoms with Gasteiger partial charge in [-0.25, -0.2) is 12.8 Å². The SMILES string of the molecule is O=C(CCc1nc(CS(=O)(=O)c2ccc(F)cc2)no1)Nc1ccccc1Cl. The van der Waals surface area contributed by atoms with Gasteiger partial charge in [-0.1, -0.05) is 28.9 Å². The van der Waals surface area contributed by atoms with E-state index < -0.39 is 21.4 Å². The second kappa shape index (κ2) is 8.49. The molecule has 0 spiro atoms. The maximum Gasteiger partial charge on any atom is 0.227 e. The first-order valence-corrected chi connectivity index (χ1v) is 10.2. The summed E-state index contributed by atoms with van der Waals surface area (Å²) in [5.41, 5.74) is 0.491. The summed E-state index contributed by atoms with van der Waals surface area (Å²) in [4.78, 5) is 16.0. The lowest BCUT2D eigenvalue weighted by atomic mass is 10.2. The maximum atomic E-state index is 12.9. The van der Waals surface area contributed by atoms with Crippen molar-refractivity contribution in [1.82, 2.24) is 10.1 Å². The van der Waals surface area contributed by atoms with Crippen LogP contribution in [0.5, 0.6) is 0 Å². The second-order valence-corrected chi connectivity index (χ2v) is 8.24. The average molecular weight is 424 g/mol. The van der Waals surface area contributed by atoms with Gasteiger partial charge in [-0.15, -0.1) is 0 Å². The number of benzene rings is 2. The van der Waals surface area contributed by atoms with E-state index in [0.717, 1.165) is 12.1 Å². The fourth-order valence-corrected chi connectivity index (χ4v) is 3.70. The van der Waals surface area contributed by atoms with Gasteiger partial charge in [0.1, 0.15) is 11.6 Å². The van der Waals surface area contributed by atoms with E-state index in [1.54, 1.807) is 24.3 Å². The standard InChI is InChI=1S/C18H15ClFN3O4S/c19-14-3-1-2-4-15(14)21-17(24)9-10-18-22-16(23-27-18)11-28(25,26)13-7-5-12(20)6-8-13/h1-8H,9-11H2,(H,21,24). The third-order valence-corrected chi connectivity index (χ3v) is 5.67. The number of hydrogen-bond acceptors (Lipinski definition) is 6. The summed E-state index contributed by atoms with van der Waals surface area (Å²) in [7, 11) is -3.74. The Bertz CT molecular complexity index is 1080. The molecule has 0 saturated heterocycles. The Kier molecular flexibility index (Phi) is 6.05. The van der Waals surface area contributed by atoms with Crippen LogP contribution < -0.4 is 5.32 Å². The molecule has 3 rings (SSSR count). The van der Waals surface area contributed by atoms with Gasteiger partial charge in [0, 0.05) is 12.8 Å². The van der Waals surface area contributed by atoms with E-state index in [1.165, 1.54) is 12.1 Å². The molecular weight excluding hydrogens is 409 g/mol. The first-order chi connectivity index (χ1) is 13.3. The van der Waals surface area contributed by atoms with Gasteiger partial charge in [0.2, 0.25) is 11.8 Å². The van der Waals surface area contributed by atoms with Crippen LogP contribution >= 0.6 is 11.6 Å². The molecule has 0 aliphatic rings. The van der Waals surface area contributed by atoms with Crippen LogP contribution in [0.25, 0.3) is 0 Å².